The molecule has 3 aromatic carbocycles. The van der Waals surface area contributed by atoms with Crippen LogP contribution in [0.1, 0.15) is 66.6 Å². The number of hydrogen-bond donors (Lipinski definition) is 1. The van der Waals surface area contributed by atoms with Crippen LogP contribution in [0.2, 0.25) is 0 Å². The van der Waals surface area contributed by atoms with Gasteiger partial charge in [-0.2, -0.15) is 0 Å². The molecule has 0 radical (unpaired) electrons. The highest BCUT2D eigenvalue weighted by molar-refractivity contribution is 7.13. The summed E-state index contributed by atoms with van der Waals surface area (Å²) in [6.45, 7) is 6.86. The van der Waals surface area contributed by atoms with Crippen molar-refractivity contribution in [1.29, 1.82) is 0 Å². The standard InChI is InChI=1S/C27H26N2S/c1-17(2)20-14-9-15-22-18(3)21-12-7-8-13-23(21)26(29-25(20)22)24-16-30-27(28-24)19-10-5-4-6-11-19/h4-18,26,29H,1-3H3. The van der Waals surface area contributed by atoms with E-state index >= 15 is 0 Å². The van der Waals surface area contributed by atoms with Gasteiger partial charge in [0.05, 0.1) is 11.7 Å². The van der Waals surface area contributed by atoms with Gasteiger partial charge in [-0.1, -0.05) is 93.6 Å². The Morgan fingerprint density at radius 1 is 0.833 bits per heavy atom. The number of para-hydroxylation sites is 1. The molecule has 1 aliphatic heterocycles. The Kier molecular flexibility index (Phi) is 4.92. The summed E-state index contributed by atoms with van der Waals surface area (Å²) < 4.78 is 0. The Morgan fingerprint density at radius 3 is 2.30 bits per heavy atom. The summed E-state index contributed by atoms with van der Waals surface area (Å²) in [5.41, 5.74) is 8.97. The third-order valence-corrected chi connectivity index (χ3v) is 7.03. The van der Waals surface area contributed by atoms with Crippen LogP contribution >= 0.6 is 11.3 Å². The van der Waals surface area contributed by atoms with E-state index in [1.807, 2.05) is 6.07 Å². The summed E-state index contributed by atoms with van der Waals surface area (Å²) in [7, 11) is 0. The lowest BCUT2D eigenvalue weighted by molar-refractivity contribution is 0.849. The van der Waals surface area contributed by atoms with E-state index < -0.39 is 0 Å². The molecule has 4 aromatic rings. The first-order chi connectivity index (χ1) is 14.6. The Hall–Kier alpha value is -2.91. The van der Waals surface area contributed by atoms with Crippen LogP contribution in [-0.4, -0.2) is 4.98 Å². The number of nitrogens with zero attached hydrogens (tertiary/aromatic N) is 1. The molecule has 1 aromatic heterocycles. The van der Waals surface area contributed by atoms with Gasteiger partial charge < -0.3 is 5.32 Å². The molecular formula is C27H26N2S. The molecule has 0 saturated heterocycles. The predicted octanol–water partition coefficient (Wildman–Crippen LogP) is 7.60. The minimum atomic E-state index is 0.0403. The number of rotatable bonds is 3. The predicted molar refractivity (Wildman–Crippen MR) is 128 cm³/mol. The van der Waals surface area contributed by atoms with Gasteiger partial charge in [-0.15, -0.1) is 11.3 Å². The molecule has 3 heteroatoms. The third kappa shape index (κ3) is 3.23. The normalized spacial score (nSPS) is 17.7. The lowest BCUT2D eigenvalue weighted by atomic mass is 9.86. The highest BCUT2D eigenvalue weighted by Crippen LogP contribution is 2.44. The molecule has 150 valence electrons. The lowest BCUT2D eigenvalue weighted by Crippen LogP contribution is -2.14. The molecule has 2 heterocycles. The fraction of sp³-hybridized carbons (Fsp3) is 0.222. The first kappa shape index (κ1) is 19.1. The number of anilines is 1. The van der Waals surface area contributed by atoms with E-state index in [0.29, 0.717) is 11.8 Å². The van der Waals surface area contributed by atoms with Crippen molar-refractivity contribution in [3.8, 4) is 10.6 Å². The molecule has 0 bridgehead atoms. The van der Waals surface area contributed by atoms with Gasteiger partial charge in [0.25, 0.3) is 0 Å². The molecule has 0 amide bonds. The average Bonchev–Trinajstić information content (AvgIpc) is 3.23. The van der Waals surface area contributed by atoms with Crippen LogP contribution in [0.15, 0.2) is 78.2 Å². The second-order valence-electron chi connectivity index (χ2n) is 8.34. The summed E-state index contributed by atoms with van der Waals surface area (Å²) in [4.78, 5) is 5.07. The van der Waals surface area contributed by atoms with E-state index in [1.54, 1.807) is 11.3 Å². The van der Waals surface area contributed by atoms with Gasteiger partial charge in [0.2, 0.25) is 0 Å². The summed E-state index contributed by atoms with van der Waals surface area (Å²) in [6, 6.07) is 26.0. The Morgan fingerprint density at radius 2 is 1.53 bits per heavy atom. The van der Waals surface area contributed by atoms with Gasteiger partial charge in [0, 0.05) is 22.5 Å². The van der Waals surface area contributed by atoms with Crippen molar-refractivity contribution in [2.24, 2.45) is 0 Å². The van der Waals surface area contributed by atoms with E-state index in [0.717, 1.165) is 10.7 Å². The Bertz CT molecular complexity index is 1180. The molecule has 2 atom stereocenters. The molecular weight excluding hydrogens is 384 g/mol. The monoisotopic (exact) mass is 410 g/mol. The SMILES string of the molecule is CC(C)c1cccc2c1NC(c1csc(-c3ccccc3)n1)c1ccccc1C2C. The number of nitrogens with one attached hydrogen (secondary N) is 1. The third-order valence-electron chi connectivity index (χ3n) is 6.12. The van der Waals surface area contributed by atoms with Gasteiger partial charge in [-0.25, -0.2) is 4.98 Å². The Labute approximate surface area is 182 Å². The topological polar surface area (TPSA) is 24.9 Å². The number of thiazole rings is 1. The molecule has 2 nitrogen and oxygen atoms in total. The van der Waals surface area contributed by atoms with Crippen LogP contribution in [0.4, 0.5) is 5.69 Å². The van der Waals surface area contributed by atoms with Crippen molar-refractivity contribution in [3.05, 3.63) is 106 Å². The molecule has 2 unspecified atom stereocenters. The quantitative estimate of drug-likeness (QED) is 0.376. The maximum absolute atomic E-state index is 5.07. The first-order valence-corrected chi connectivity index (χ1v) is 11.5. The minimum absolute atomic E-state index is 0.0403. The molecule has 0 saturated carbocycles. The van der Waals surface area contributed by atoms with Crippen molar-refractivity contribution in [2.75, 3.05) is 5.32 Å². The number of hydrogen-bond acceptors (Lipinski definition) is 3. The van der Waals surface area contributed by atoms with E-state index in [2.05, 4.69) is 98.2 Å². The van der Waals surface area contributed by atoms with Crippen molar-refractivity contribution in [2.45, 2.75) is 38.6 Å². The number of benzene rings is 3. The maximum Gasteiger partial charge on any atom is 0.123 e. The highest BCUT2D eigenvalue weighted by atomic mass is 32.1. The molecule has 30 heavy (non-hydrogen) atoms. The summed E-state index contributed by atoms with van der Waals surface area (Å²) in [5.74, 6) is 0.788. The Balaban J connectivity index is 1.67. The van der Waals surface area contributed by atoms with E-state index in [-0.39, 0.29) is 6.04 Å². The average molecular weight is 411 g/mol. The zero-order valence-corrected chi connectivity index (χ0v) is 18.4. The van der Waals surface area contributed by atoms with E-state index in [1.165, 1.54) is 33.5 Å². The van der Waals surface area contributed by atoms with Gasteiger partial charge in [-0.05, 0) is 28.2 Å². The first-order valence-electron chi connectivity index (χ1n) is 10.6. The summed E-state index contributed by atoms with van der Waals surface area (Å²) in [5, 5.41) is 7.20. The van der Waals surface area contributed by atoms with E-state index in [9.17, 15) is 0 Å². The lowest BCUT2D eigenvalue weighted by Gasteiger charge is -2.22. The highest BCUT2D eigenvalue weighted by Gasteiger charge is 2.30. The van der Waals surface area contributed by atoms with Gasteiger partial charge in [0.15, 0.2) is 0 Å². The van der Waals surface area contributed by atoms with Gasteiger partial charge in [0.1, 0.15) is 5.01 Å². The fourth-order valence-electron chi connectivity index (χ4n) is 4.52. The zero-order chi connectivity index (χ0) is 20.7. The second kappa shape index (κ2) is 7.73. The molecule has 1 N–H and O–H groups in total. The van der Waals surface area contributed by atoms with Gasteiger partial charge in [-0.3, -0.25) is 0 Å². The smallest absolute Gasteiger partial charge is 0.123 e. The molecule has 0 aliphatic carbocycles. The van der Waals surface area contributed by atoms with Crippen molar-refractivity contribution < 1.29 is 0 Å². The second-order valence-corrected chi connectivity index (χ2v) is 9.20. The summed E-state index contributed by atoms with van der Waals surface area (Å²) >= 11 is 1.72. The largest absolute Gasteiger partial charge is 0.372 e. The number of fused-ring (bicyclic) bond motifs is 2. The fourth-order valence-corrected chi connectivity index (χ4v) is 5.37. The molecule has 0 fully saturated rings. The van der Waals surface area contributed by atoms with Crippen molar-refractivity contribution >= 4 is 17.0 Å². The molecule has 0 spiro atoms. The van der Waals surface area contributed by atoms with Crippen LogP contribution in [0.3, 0.4) is 0 Å². The van der Waals surface area contributed by atoms with E-state index in [4.69, 9.17) is 4.98 Å². The van der Waals surface area contributed by atoms with Crippen LogP contribution in [0.5, 0.6) is 0 Å². The van der Waals surface area contributed by atoms with Gasteiger partial charge >= 0.3 is 0 Å². The maximum atomic E-state index is 5.07. The van der Waals surface area contributed by atoms with Crippen LogP contribution in [0.25, 0.3) is 10.6 Å². The van der Waals surface area contributed by atoms with Crippen LogP contribution in [0, 0.1) is 0 Å². The minimum Gasteiger partial charge on any atom is -0.372 e. The number of aromatic nitrogens is 1. The van der Waals surface area contributed by atoms with Crippen LogP contribution in [-0.2, 0) is 0 Å². The van der Waals surface area contributed by atoms with Crippen molar-refractivity contribution in [1.82, 2.24) is 4.98 Å². The van der Waals surface area contributed by atoms with Crippen LogP contribution < -0.4 is 5.32 Å². The molecule has 5 rings (SSSR count). The molecule has 1 aliphatic rings. The zero-order valence-electron chi connectivity index (χ0n) is 17.6. The van der Waals surface area contributed by atoms with Crippen molar-refractivity contribution in [3.63, 3.8) is 0 Å². The summed E-state index contributed by atoms with van der Waals surface area (Å²) in [6.07, 6.45) is 0.